The first-order valence-electron chi connectivity index (χ1n) is 8.39. The third kappa shape index (κ3) is 4.45. The molecule has 0 aliphatic heterocycles. The van der Waals surface area contributed by atoms with Gasteiger partial charge in [-0.25, -0.2) is 0 Å². The number of carboxylic acids is 1. The normalized spacial score (nSPS) is 17.4. The van der Waals surface area contributed by atoms with Crippen LogP contribution in [-0.2, 0) is 9.59 Å². The minimum atomic E-state index is -0.807. The van der Waals surface area contributed by atoms with E-state index in [9.17, 15) is 14.7 Å². The van der Waals surface area contributed by atoms with Crippen molar-refractivity contribution in [1.29, 1.82) is 0 Å². The predicted molar refractivity (Wildman–Crippen MR) is 84.1 cm³/mol. The number of aliphatic carboxylic acids is 1. The van der Waals surface area contributed by atoms with Gasteiger partial charge in [0.05, 0.1) is 5.41 Å². The van der Waals surface area contributed by atoms with E-state index in [2.05, 4.69) is 27.7 Å². The van der Waals surface area contributed by atoms with Crippen molar-refractivity contribution in [3.8, 4) is 0 Å². The van der Waals surface area contributed by atoms with E-state index in [1.165, 1.54) is 0 Å². The van der Waals surface area contributed by atoms with Crippen LogP contribution in [0.1, 0.15) is 72.6 Å². The van der Waals surface area contributed by atoms with Crippen LogP contribution in [-0.4, -0.2) is 34.5 Å². The largest absolute Gasteiger partial charge is 0.481 e. The molecular weight excluding hydrogens is 266 g/mol. The molecule has 1 aliphatic rings. The Kier molecular flexibility index (Phi) is 6.69. The van der Waals surface area contributed by atoms with Crippen LogP contribution < -0.4 is 0 Å². The molecule has 0 radical (unpaired) electrons. The summed E-state index contributed by atoms with van der Waals surface area (Å²) in [5, 5.41) is 9.56. The number of amides is 1. The lowest BCUT2D eigenvalue weighted by Crippen LogP contribution is -2.45. The molecule has 0 unspecified atom stereocenters. The van der Waals surface area contributed by atoms with Crippen LogP contribution in [0.4, 0.5) is 0 Å². The number of rotatable bonds is 8. The molecule has 4 nitrogen and oxygen atoms in total. The van der Waals surface area contributed by atoms with Gasteiger partial charge in [0.15, 0.2) is 0 Å². The third-order valence-corrected chi connectivity index (χ3v) is 4.77. The van der Waals surface area contributed by atoms with Gasteiger partial charge in [-0.1, -0.05) is 40.5 Å². The Morgan fingerprint density at radius 2 is 1.67 bits per heavy atom. The van der Waals surface area contributed by atoms with E-state index >= 15 is 0 Å². The van der Waals surface area contributed by atoms with Crippen molar-refractivity contribution in [2.24, 2.45) is 11.3 Å². The molecule has 1 aliphatic carbocycles. The standard InChI is InChI=1S/C17H31NO3/c1-5-14(6-2)18(12-13(3)4)15(19)11-17(16(20)21)9-7-8-10-17/h13-14H,5-12H2,1-4H3,(H,20,21). The Morgan fingerprint density at radius 3 is 2.05 bits per heavy atom. The molecule has 1 rings (SSSR count). The molecule has 1 N–H and O–H groups in total. The number of hydrogen-bond acceptors (Lipinski definition) is 2. The molecule has 0 atom stereocenters. The van der Waals surface area contributed by atoms with Gasteiger partial charge in [0, 0.05) is 19.0 Å². The fourth-order valence-electron chi connectivity index (χ4n) is 3.49. The summed E-state index contributed by atoms with van der Waals surface area (Å²) in [7, 11) is 0. The molecule has 1 amide bonds. The first-order valence-corrected chi connectivity index (χ1v) is 8.39. The summed E-state index contributed by atoms with van der Waals surface area (Å²) in [5.41, 5.74) is -0.807. The smallest absolute Gasteiger partial charge is 0.310 e. The zero-order valence-electron chi connectivity index (χ0n) is 14.0. The number of carboxylic acid groups (broad SMARTS) is 1. The zero-order valence-corrected chi connectivity index (χ0v) is 14.0. The van der Waals surface area contributed by atoms with E-state index in [0.29, 0.717) is 18.8 Å². The van der Waals surface area contributed by atoms with Gasteiger partial charge < -0.3 is 10.0 Å². The molecule has 0 bridgehead atoms. The maximum absolute atomic E-state index is 12.8. The van der Waals surface area contributed by atoms with E-state index in [1.54, 1.807) is 0 Å². The average molecular weight is 297 g/mol. The van der Waals surface area contributed by atoms with Crippen molar-refractivity contribution >= 4 is 11.9 Å². The van der Waals surface area contributed by atoms with E-state index < -0.39 is 11.4 Å². The summed E-state index contributed by atoms with van der Waals surface area (Å²) in [6.07, 6.45) is 5.16. The van der Waals surface area contributed by atoms with Crippen molar-refractivity contribution in [3.63, 3.8) is 0 Å². The van der Waals surface area contributed by atoms with Crippen LogP contribution in [0.3, 0.4) is 0 Å². The van der Waals surface area contributed by atoms with Crippen LogP contribution in [0.25, 0.3) is 0 Å². The highest BCUT2D eigenvalue weighted by Gasteiger charge is 2.44. The van der Waals surface area contributed by atoms with Gasteiger partial charge in [0.2, 0.25) is 5.91 Å². The van der Waals surface area contributed by atoms with Gasteiger partial charge in [0.25, 0.3) is 0 Å². The van der Waals surface area contributed by atoms with Crippen LogP contribution >= 0.6 is 0 Å². The van der Waals surface area contributed by atoms with Crippen LogP contribution in [0, 0.1) is 11.3 Å². The van der Waals surface area contributed by atoms with E-state index in [0.717, 1.165) is 32.2 Å². The first kappa shape index (κ1) is 18.0. The summed E-state index contributed by atoms with van der Waals surface area (Å²) < 4.78 is 0. The second kappa shape index (κ2) is 7.81. The second-order valence-corrected chi connectivity index (χ2v) is 6.88. The van der Waals surface area contributed by atoms with Crippen molar-refractivity contribution in [2.75, 3.05) is 6.54 Å². The van der Waals surface area contributed by atoms with Crippen molar-refractivity contribution < 1.29 is 14.7 Å². The minimum absolute atomic E-state index is 0.0294. The van der Waals surface area contributed by atoms with Gasteiger partial charge in [-0.3, -0.25) is 9.59 Å². The number of carbonyl (C=O) groups is 2. The molecule has 0 saturated heterocycles. The quantitative estimate of drug-likeness (QED) is 0.743. The molecule has 0 aromatic heterocycles. The van der Waals surface area contributed by atoms with Gasteiger partial charge in [0.1, 0.15) is 0 Å². The lowest BCUT2D eigenvalue weighted by Gasteiger charge is -2.35. The topological polar surface area (TPSA) is 57.6 Å². The van der Waals surface area contributed by atoms with Gasteiger partial charge in [-0.2, -0.15) is 0 Å². The number of hydrogen-bond donors (Lipinski definition) is 1. The fraction of sp³-hybridized carbons (Fsp3) is 0.882. The molecule has 122 valence electrons. The number of nitrogens with zero attached hydrogens (tertiary/aromatic N) is 1. The molecule has 4 heteroatoms. The van der Waals surface area contributed by atoms with Crippen molar-refractivity contribution in [2.45, 2.75) is 78.7 Å². The molecule has 21 heavy (non-hydrogen) atoms. The summed E-state index contributed by atoms with van der Waals surface area (Å²) >= 11 is 0. The van der Waals surface area contributed by atoms with Gasteiger partial charge in [-0.05, 0) is 31.6 Å². The maximum Gasteiger partial charge on any atom is 0.310 e. The fourth-order valence-corrected chi connectivity index (χ4v) is 3.49. The average Bonchev–Trinajstić information content (AvgIpc) is 2.88. The highest BCUT2D eigenvalue weighted by molar-refractivity contribution is 5.85. The SMILES string of the molecule is CCC(CC)N(CC(C)C)C(=O)CC1(C(=O)O)CCCC1. The maximum atomic E-state index is 12.8. The Hall–Kier alpha value is -1.06. The van der Waals surface area contributed by atoms with Crippen LogP contribution in [0.5, 0.6) is 0 Å². The highest BCUT2D eigenvalue weighted by atomic mass is 16.4. The van der Waals surface area contributed by atoms with Crippen molar-refractivity contribution in [1.82, 2.24) is 4.90 Å². The summed E-state index contributed by atoms with van der Waals surface area (Å²) in [5.74, 6) is -0.358. The van der Waals surface area contributed by atoms with Crippen LogP contribution in [0.15, 0.2) is 0 Å². The van der Waals surface area contributed by atoms with E-state index in [-0.39, 0.29) is 18.4 Å². The third-order valence-electron chi connectivity index (χ3n) is 4.77. The lowest BCUT2D eigenvalue weighted by atomic mass is 9.82. The molecule has 0 aromatic rings. The summed E-state index contributed by atoms with van der Waals surface area (Å²) in [6.45, 7) is 9.12. The summed E-state index contributed by atoms with van der Waals surface area (Å²) in [6, 6.07) is 0.229. The summed E-state index contributed by atoms with van der Waals surface area (Å²) in [4.78, 5) is 26.3. The molecule has 0 aromatic carbocycles. The predicted octanol–water partition coefficient (Wildman–Crippen LogP) is 3.69. The minimum Gasteiger partial charge on any atom is -0.481 e. The van der Waals surface area contributed by atoms with Crippen molar-refractivity contribution in [3.05, 3.63) is 0 Å². The molecular formula is C17H31NO3. The van der Waals surface area contributed by atoms with E-state index in [1.807, 2.05) is 4.90 Å². The monoisotopic (exact) mass is 297 g/mol. The molecule has 1 saturated carbocycles. The lowest BCUT2D eigenvalue weighted by molar-refractivity contribution is -0.154. The Balaban J connectivity index is 2.86. The molecule has 0 spiro atoms. The Morgan fingerprint density at radius 1 is 1.14 bits per heavy atom. The van der Waals surface area contributed by atoms with E-state index in [4.69, 9.17) is 0 Å². The van der Waals surface area contributed by atoms with Gasteiger partial charge >= 0.3 is 5.97 Å². The Labute approximate surface area is 128 Å². The highest BCUT2D eigenvalue weighted by Crippen LogP contribution is 2.42. The molecule has 1 fully saturated rings. The molecule has 0 heterocycles. The number of carbonyl (C=O) groups excluding carboxylic acids is 1. The van der Waals surface area contributed by atoms with Crippen LogP contribution in [0.2, 0.25) is 0 Å². The van der Waals surface area contributed by atoms with Gasteiger partial charge in [-0.15, -0.1) is 0 Å². The first-order chi connectivity index (χ1) is 9.86. The Bertz CT molecular complexity index is 355. The second-order valence-electron chi connectivity index (χ2n) is 6.88. The zero-order chi connectivity index (χ0) is 16.0.